The van der Waals surface area contributed by atoms with Gasteiger partial charge in [0, 0.05) is 6.20 Å². The van der Waals surface area contributed by atoms with Gasteiger partial charge in [-0.3, -0.25) is 0 Å². The van der Waals surface area contributed by atoms with Crippen LogP contribution in [0.5, 0.6) is 0 Å². The van der Waals surface area contributed by atoms with Gasteiger partial charge in [0.2, 0.25) is 0 Å². The molecule has 0 fully saturated rings. The zero-order valence-corrected chi connectivity index (χ0v) is 6.04. The minimum absolute atomic E-state index is 0.615. The van der Waals surface area contributed by atoms with E-state index in [4.69, 9.17) is 5.73 Å². The van der Waals surface area contributed by atoms with Crippen molar-refractivity contribution in [3.05, 3.63) is 18.3 Å². The quantitative estimate of drug-likeness (QED) is 0.594. The van der Waals surface area contributed by atoms with Crippen LogP contribution < -0.4 is 11.2 Å². The third-order valence-corrected chi connectivity index (χ3v) is 1.30. The average molecular weight is 133 g/mol. The summed E-state index contributed by atoms with van der Waals surface area (Å²) in [6.45, 7) is 2.08. The molecule has 0 atom stereocenters. The summed E-state index contributed by atoms with van der Waals surface area (Å²) in [5.74, 6) is 0.615. The van der Waals surface area contributed by atoms with Gasteiger partial charge in [-0.15, -0.1) is 0 Å². The van der Waals surface area contributed by atoms with Crippen LogP contribution in [0.25, 0.3) is 0 Å². The van der Waals surface area contributed by atoms with Crippen molar-refractivity contribution in [3.63, 3.8) is 0 Å². The molecule has 0 amide bonds. The van der Waals surface area contributed by atoms with E-state index in [2.05, 4.69) is 19.2 Å². The second kappa shape index (κ2) is 3.25. The molecule has 0 spiro atoms. The van der Waals surface area contributed by atoms with E-state index in [-0.39, 0.29) is 0 Å². The van der Waals surface area contributed by atoms with E-state index < -0.39 is 0 Å². The first kappa shape index (κ1) is 7.13. The summed E-state index contributed by atoms with van der Waals surface area (Å²) in [5, 5.41) is 0. The van der Waals surface area contributed by atoms with Crippen molar-refractivity contribution in [2.75, 3.05) is 5.73 Å². The molecule has 0 unspecified atom stereocenters. The van der Waals surface area contributed by atoms with E-state index in [9.17, 15) is 0 Å². The van der Waals surface area contributed by atoms with Gasteiger partial charge >= 0.3 is 0 Å². The number of pyridine rings is 1. The second-order valence-corrected chi connectivity index (χ2v) is 2.09. The number of aromatic nitrogens is 1. The van der Waals surface area contributed by atoms with E-state index in [0.29, 0.717) is 5.82 Å². The Balaban J connectivity index is 2.81. The minimum atomic E-state index is 0.615. The number of hydrogen-bond donors (Lipinski definition) is 1. The maximum absolute atomic E-state index is 5.56. The molecule has 10 heavy (non-hydrogen) atoms. The summed E-state index contributed by atoms with van der Waals surface area (Å²) in [6.07, 6.45) is 2.69. The van der Waals surface area contributed by atoms with E-state index in [1.165, 1.54) is 0 Å². The molecule has 0 saturated heterocycles. The fourth-order valence-corrected chi connectivity index (χ4v) is 0.822. The van der Waals surface area contributed by atoms with Crippen LogP contribution in [0.15, 0.2) is 18.3 Å². The topological polar surface area (TPSA) is 38.9 Å². The molecule has 2 nitrogen and oxygen atoms in total. The lowest BCUT2D eigenvalue weighted by molar-refractivity contribution is 1.35. The number of nitrogens with zero attached hydrogens (tertiary/aromatic N) is 1. The molecule has 1 radical (unpaired) electrons. The summed E-state index contributed by atoms with van der Waals surface area (Å²) in [6, 6.07) is 3.85. The zero-order valence-electron chi connectivity index (χ0n) is 6.04. The highest BCUT2D eigenvalue weighted by molar-refractivity contribution is 6.55. The predicted molar refractivity (Wildman–Crippen MR) is 44.5 cm³/mol. The SMILES string of the molecule is CC[B]c1cccnc1N. The van der Waals surface area contributed by atoms with Gasteiger partial charge in [0.1, 0.15) is 5.82 Å². The Morgan fingerprint density at radius 1 is 1.70 bits per heavy atom. The lowest BCUT2D eigenvalue weighted by atomic mass is 9.68. The molecule has 0 saturated carbocycles. The van der Waals surface area contributed by atoms with Gasteiger partial charge in [-0.2, -0.15) is 0 Å². The monoisotopic (exact) mass is 133 g/mol. The Labute approximate surface area is 61.7 Å². The molecule has 51 valence electrons. The number of nitrogens with two attached hydrogens (primary N) is 1. The number of rotatable bonds is 2. The van der Waals surface area contributed by atoms with Crippen molar-refractivity contribution < 1.29 is 0 Å². The van der Waals surface area contributed by atoms with Crippen LogP contribution in [0.3, 0.4) is 0 Å². The van der Waals surface area contributed by atoms with E-state index in [0.717, 1.165) is 11.8 Å². The molecule has 0 bridgehead atoms. The van der Waals surface area contributed by atoms with Crippen molar-refractivity contribution in [1.29, 1.82) is 0 Å². The lowest BCUT2D eigenvalue weighted by Gasteiger charge is -1.98. The number of anilines is 1. The predicted octanol–water partition coefficient (Wildman–Crippen LogP) is 0.431. The maximum Gasteiger partial charge on any atom is 0.156 e. The van der Waals surface area contributed by atoms with Gasteiger partial charge in [-0.05, 0) is 11.5 Å². The van der Waals surface area contributed by atoms with Gasteiger partial charge in [-0.25, -0.2) is 4.98 Å². The summed E-state index contributed by atoms with van der Waals surface area (Å²) in [5.41, 5.74) is 6.60. The standard InChI is InChI=1S/C7H10BN2/c1-2-8-6-4-3-5-10-7(6)9/h3-5H,2H2,1H3,(H2,9,10). The molecule has 3 heteroatoms. The van der Waals surface area contributed by atoms with Crippen molar-refractivity contribution in [1.82, 2.24) is 4.98 Å². The van der Waals surface area contributed by atoms with Crippen LogP contribution in [0.2, 0.25) is 6.32 Å². The van der Waals surface area contributed by atoms with Crippen LogP contribution in [0, 0.1) is 0 Å². The van der Waals surface area contributed by atoms with E-state index in [1.807, 2.05) is 12.1 Å². The summed E-state index contributed by atoms with van der Waals surface area (Å²) in [4.78, 5) is 3.94. The minimum Gasteiger partial charge on any atom is -0.384 e. The molecular formula is C7H10BN2. The summed E-state index contributed by atoms with van der Waals surface area (Å²) >= 11 is 0. The van der Waals surface area contributed by atoms with Gasteiger partial charge in [0.15, 0.2) is 7.28 Å². The highest BCUT2D eigenvalue weighted by Crippen LogP contribution is 1.90. The summed E-state index contributed by atoms with van der Waals surface area (Å²) in [7, 11) is 2.06. The fraction of sp³-hybridized carbons (Fsp3) is 0.286. The molecule has 0 aliphatic carbocycles. The molecule has 2 N–H and O–H groups in total. The fourth-order valence-electron chi connectivity index (χ4n) is 0.822. The van der Waals surface area contributed by atoms with Crippen LogP contribution in [0.1, 0.15) is 6.92 Å². The molecule has 1 aromatic heterocycles. The first-order valence-corrected chi connectivity index (χ1v) is 3.38. The zero-order chi connectivity index (χ0) is 7.40. The van der Waals surface area contributed by atoms with Crippen LogP contribution >= 0.6 is 0 Å². The third kappa shape index (κ3) is 1.50. The highest BCUT2D eigenvalue weighted by Gasteiger charge is 1.96. The first-order chi connectivity index (χ1) is 4.84. The van der Waals surface area contributed by atoms with Crippen molar-refractivity contribution in [3.8, 4) is 0 Å². The van der Waals surface area contributed by atoms with Crippen LogP contribution in [-0.4, -0.2) is 12.3 Å². The molecule has 0 aliphatic rings. The Morgan fingerprint density at radius 3 is 3.10 bits per heavy atom. The number of nitrogen functional groups attached to an aromatic ring is 1. The smallest absolute Gasteiger partial charge is 0.156 e. The van der Waals surface area contributed by atoms with Gasteiger partial charge in [-0.1, -0.05) is 19.3 Å². The lowest BCUT2D eigenvalue weighted by Crippen LogP contribution is -2.18. The van der Waals surface area contributed by atoms with Gasteiger partial charge < -0.3 is 5.73 Å². The maximum atomic E-state index is 5.56. The second-order valence-electron chi connectivity index (χ2n) is 2.09. The first-order valence-electron chi connectivity index (χ1n) is 3.38. The number of hydrogen-bond acceptors (Lipinski definition) is 2. The molecular weight excluding hydrogens is 123 g/mol. The normalized spacial score (nSPS) is 9.30. The Hall–Kier alpha value is -0.985. The average Bonchev–Trinajstić information content (AvgIpc) is 1.94. The van der Waals surface area contributed by atoms with Crippen molar-refractivity contribution in [2.24, 2.45) is 0 Å². The summed E-state index contributed by atoms with van der Waals surface area (Å²) < 4.78 is 0. The molecule has 1 rings (SSSR count). The Bertz CT molecular complexity index is 213. The van der Waals surface area contributed by atoms with Crippen LogP contribution in [0.4, 0.5) is 5.82 Å². The molecule has 1 aromatic rings. The Kier molecular flexibility index (Phi) is 2.32. The van der Waals surface area contributed by atoms with Crippen LogP contribution in [-0.2, 0) is 0 Å². The van der Waals surface area contributed by atoms with Gasteiger partial charge in [0.05, 0.1) is 0 Å². The molecule has 0 aromatic carbocycles. The third-order valence-electron chi connectivity index (χ3n) is 1.30. The molecule has 1 heterocycles. The largest absolute Gasteiger partial charge is 0.384 e. The highest BCUT2D eigenvalue weighted by atomic mass is 14.8. The van der Waals surface area contributed by atoms with Gasteiger partial charge in [0.25, 0.3) is 0 Å². The van der Waals surface area contributed by atoms with Crippen molar-refractivity contribution in [2.45, 2.75) is 13.2 Å². The van der Waals surface area contributed by atoms with Crippen molar-refractivity contribution >= 4 is 18.6 Å². The molecule has 0 aliphatic heterocycles. The van der Waals surface area contributed by atoms with E-state index >= 15 is 0 Å². The van der Waals surface area contributed by atoms with E-state index in [1.54, 1.807) is 6.20 Å². The Morgan fingerprint density at radius 2 is 2.50 bits per heavy atom.